The molecule has 0 N–H and O–H groups in total. The topological polar surface area (TPSA) is 26.9 Å². The Morgan fingerprint density at radius 2 is 2.10 bits per heavy atom. The predicted molar refractivity (Wildman–Crippen MR) is 43.1 cm³/mol. The average Bonchev–Trinajstić information content (AvgIpc) is 1.82. The van der Waals surface area contributed by atoms with Crippen LogP contribution >= 0.6 is 39.1 Å². The Morgan fingerprint density at radius 1 is 1.50 bits per heavy atom. The van der Waals surface area contributed by atoms with E-state index in [2.05, 4.69) is 15.9 Å². The van der Waals surface area contributed by atoms with Crippen molar-refractivity contribution in [3.05, 3.63) is 32.1 Å². The van der Waals surface area contributed by atoms with Crippen LogP contribution < -0.4 is 4.73 Å². The van der Waals surface area contributed by atoms with Crippen LogP contribution in [-0.4, -0.2) is 0 Å². The number of nitrogens with zero attached hydrogens (tertiary/aromatic N) is 1. The summed E-state index contributed by atoms with van der Waals surface area (Å²) in [5.41, 5.74) is 0. The first-order chi connectivity index (χ1) is 4.61. The average molecular weight is 243 g/mol. The van der Waals surface area contributed by atoms with Crippen molar-refractivity contribution in [1.82, 2.24) is 0 Å². The molecule has 1 aromatic heterocycles. The number of rotatable bonds is 0. The van der Waals surface area contributed by atoms with Crippen LogP contribution in [0.4, 0.5) is 0 Å². The summed E-state index contributed by atoms with van der Waals surface area (Å²) in [5.74, 6) is 0. The first kappa shape index (κ1) is 8.11. The molecule has 1 heterocycles. The van der Waals surface area contributed by atoms with E-state index in [1.165, 1.54) is 12.3 Å². The second-order valence-corrected chi connectivity index (χ2v) is 3.22. The van der Waals surface area contributed by atoms with Gasteiger partial charge in [0, 0.05) is 15.9 Å². The van der Waals surface area contributed by atoms with Crippen molar-refractivity contribution in [3.63, 3.8) is 0 Å². The van der Waals surface area contributed by atoms with Crippen LogP contribution in [0, 0.1) is 5.21 Å². The molecule has 0 saturated carbocycles. The van der Waals surface area contributed by atoms with Gasteiger partial charge in [-0.05, 0) is 6.07 Å². The fourth-order valence-electron chi connectivity index (χ4n) is 0.492. The van der Waals surface area contributed by atoms with Gasteiger partial charge in [0.05, 0.1) is 0 Å². The highest BCUT2D eigenvalue weighted by Gasteiger charge is 2.07. The van der Waals surface area contributed by atoms with E-state index in [1.54, 1.807) is 0 Å². The van der Waals surface area contributed by atoms with Gasteiger partial charge in [-0.3, -0.25) is 0 Å². The minimum atomic E-state index is 0.276. The summed E-state index contributed by atoms with van der Waals surface area (Å²) in [4.78, 5) is 0. The minimum absolute atomic E-state index is 0.276. The predicted octanol–water partition coefficient (Wildman–Crippen LogP) is 2.39. The monoisotopic (exact) mass is 241 g/mol. The van der Waals surface area contributed by atoms with E-state index in [4.69, 9.17) is 23.2 Å². The lowest BCUT2D eigenvalue weighted by Gasteiger charge is -1.99. The van der Waals surface area contributed by atoms with E-state index in [-0.39, 0.29) is 4.60 Å². The van der Waals surface area contributed by atoms with Crippen molar-refractivity contribution >= 4 is 39.1 Å². The maximum absolute atomic E-state index is 10.8. The number of pyridine rings is 1. The largest absolute Gasteiger partial charge is 0.618 e. The van der Waals surface area contributed by atoms with Crippen LogP contribution in [0.3, 0.4) is 0 Å². The zero-order valence-electron chi connectivity index (χ0n) is 4.64. The van der Waals surface area contributed by atoms with Crippen LogP contribution in [0.2, 0.25) is 10.0 Å². The van der Waals surface area contributed by atoms with Gasteiger partial charge in [0.15, 0.2) is 6.20 Å². The fraction of sp³-hybridized carbons (Fsp3) is 0. The number of hydrogen-bond donors (Lipinski definition) is 0. The van der Waals surface area contributed by atoms with E-state index in [0.29, 0.717) is 14.8 Å². The molecule has 10 heavy (non-hydrogen) atoms. The van der Waals surface area contributed by atoms with Crippen molar-refractivity contribution in [1.29, 1.82) is 0 Å². The third kappa shape index (κ3) is 1.54. The third-order valence-electron chi connectivity index (χ3n) is 0.896. The molecule has 0 atom stereocenters. The third-order valence-corrected chi connectivity index (χ3v) is 2.40. The zero-order valence-corrected chi connectivity index (χ0v) is 7.74. The summed E-state index contributed by atoms with van der Waals surface area (Å²) in [6, 6.07) is 1.49. The summed E-state index contributed by atoms with van der Waals surface area (Å²) in [7, 11) is 0. The van der Waals surface area contributed by atoms with Crippen molar-refractivity contribution in [2.45, 2.75) is 0 Å². The Labute approximate surface area is 76.1 Å². The van der Waals surface area contributed by atoms with Gasteiger partial charge in [-0.2, -0.15) is 4.73 Å². The van der Waals surface area contributed by atoms with Gasteiger partial charge in [0.2, 0.25) is 0 Å². The molecule has 5 heteroatoms. The molecule has 0 aliphatic heterocycles. The smallest absolute Gasteiger partial charge is 0.278 e. The summed E-state index contributed by atoms with van der Waals surface area (Å²) < 4.78 is 0.837. The highest BCUT2D eigenvalue weighted by molar-refractivity contribution is 9.10. The van der Waals surface area contributed by atoms with Crippen LogP contribution in [0.1, 0.15) is 0 Å². The molecule has 1 rings (SSSR count). The Balaban J connectivity index is 3.31. The molecule has 0 fully saturated rings. The molecule has 0 amide bonds. The summed E-state index contributed by atoms with van der Waals surface area (Å²) >= 11 is 14.0. The van der Waals surface area contributed by atoms with Crippen LogP contribution in [0.25, 0.3) is 0 Å². The van der Waals surface area contributed by atoms with Gasteiger partial charge < -0.3 is 5.21 Å². The van der Waals surface area contributed by atoms with E-state index in [9.17, 15) is 5.21 Å². The molecule has 0 spiro atoms. The molecule has 0 aliphatic carbocycles. The Morgan fingerprint density at radius 3 is 2.60 bits per heavy atom. The summed E-state index contributed by atoms with van der Waals surface area (Å²) in [6.45, 7) is 0. The van der Waals surface area contributed by atoms with Crippen LogP contribution in [0.15, 0.2) is 16.9 Å². The fourth-order valence-corrected chi connectivity index (χ4v) is 1.16. The summed E-state index contributed by atoms with van der Waals surface area (Å²) in [5, 5.41) is 11.4. The van der Waals surface area contributed by atoms with Gasteiger partial charge >= 0.3 is 0 Å². The molecule has 0 bridgehead atoms. The zero-order chi connectivity index (χ0) is 7.72. The molecular weight excluding hydrogens is 241 g/mol. The number of hydrogen-bond acceptors (Lipinski definition) is 1. The summed E-state index contributed by atoms with van der Waals surface area (Å²) in [6.07, 6.45) is 1.22. The van der Waals surface area contributed by atoms with E-state index in [0.717, 1.165) is 0 Å². The van der Waals surface area contributed by atoms with Gasteiger partial charge in [-0.1, -0.05) is 23.2 Å². The normalized spacial score (nSPS) is 9.90. The van der Waals surface area contributed by atoms with Crippen molar-refractivity contribution < 1.29 is 4.73 Å². The highest BCUT2D eigenvalue weighted by atomic mass is 79.9. The number of halogens is 3. The second-order valence-electron chi connectivity index (χ2n) is 1.62. The van der Waals surface area contributed by atoms with E-state index in [1.807, 2.05) is 0 Å². The van der Waals surface area contributed by atoms with Crippen molar-refractivity contribution in [2.24, 2.45) is 0 Å². The molecule has 0 aliphatic rings. The molecular formula is C5H2BrCl2NO. The first-order valence-corrected chi connectivity index (χ1v) is 3.90. The van der Waals surface area contributed by atoms with Crippen LogP contribution in [-0.2, 0) is 0 Å². The second kappa shape index (κ2) is 2.95. The van der Waals surface area contributed by atoms with Gasteiger partial charge in [0.1, 0.15) is 10.0 Å². The lowest BCUT2D eigenvalue weighted by atomic mass is 10.5. The Kier molecular flexibility index (Phi) is 2.39. The molecule has 0 saturated heterocycles. The number of aromatic nitrogens is 1. The lowest BCUT2D eigenvalue weighted by Crippen LogP contribution is -2.27. The quantitative estimate of drug-likeness (QED) is 0.390. The maximum atomic E-state index is 10.8. The molecule has 0 unspecified atom stereocenters. The minimum Gasteiger partial charge on any atom is -0.618 e. The van der Waals surface area contributed by atoms with Crippen LogP contribution in [0.5, 0.6) is 0 Å². The van der Waals surface area contributed by atoms with Crippen molar-refractivity contribution in [3.8, 4) is 0 Å². The standard InChI is InChI=1S/C5H2BrCl2NO/c6-5-4(8)1-3(7)2-9(5)10/h1-2H. The molecule has 2 nitrogen and oxygen atoms in total. The Bertz CT molecular complexity index is 243. The van der Waals surface area contributed by atoms with Gasteiger partial charge in [-0.15, -0.1) is 0 Å². The van der Waals surface area contributed by atoms with Crippen molar-refractivity contribution in [2.75, 3.05) is 0 Å². The highest BCUT2D eigenvalue weighted by Crippen LogP contribution is 2.20. The molecule has 54 valence electrons. The molecule has 1 aromatic rings. The molecule has 0 radical (unpaired) electrons. The van der Waals surface area contributed by atoms with Gasteiger partial charge in [-0.25, -0.2) is 0 Å². The van der Waals surface area contributed by atoms with Gasteiger partial charge in [0.25, 0.3) is 4.60 Å². The maximum Gasteiger partial charge on any atom is 0.278 e. The van der Waals surface area contributed by atoms with E-state index < -0.39 is 0 Å². The lowest BCUT2D eigenvalue weighted by molar-refractivity contribution is -0.617. The van der Waals surface area contributed by atoms with E-state index >= 15 is 0 Å². The molecule has 0 aromatic carbocycles. The first-order valence-electron chi connectivity index (χ1n) is 2.35. The Hall–Kier alpha value is 0.01000. The SMILES string of the molecule is [O-][n+]1cc(Cl)cc(Cl)c1Br.